The van der Waals surface area contributed by atoms with Gasteiger partial charge >= 0.3 is 0 Å². The number of ether oxygens (including phenoxy) is 1. The highest BCUT2D eigenvalue weighted by molar-refractivity contribution is 5.29. The molecule has 0 saturated heterocycles. The number of rotatable bonds is 4. The third kappa shape index (κ3) is 4.55. The first kappa shape index (κ1) is 16.5. The number of hydrogen-bond acceptors (Lipinski definition) is 2. The Labute approximate surface area is 130 Å². The average Bonchev–Trinajstić information content (AvgIpc) is 2.47. The molecule has 1 unspecified atom stereocenters. The van der Waals surface area contributed by atoms with Crippen molar-refractivity contribution in [2.75, 3.05) is 7.11 Å². The molecule has 0 heterocycles. The highest BCUT2D eigenvalue weighted by Crippen LogP contribution is 2.26. The van der Waals surface area contributed by atoms with E-state index in [1.807, 2.05) is 7.11 Å². The molecule has 1 aromatic rings. The fourth-order valence-electron chi connectivity index (χ4n) is 3.19. The monoisotopic (exact) mass is 289 g/mol. The predicted molar refractivity (Wildman–Crippen MR) is 89.7 cm³/mol. The van der Waals surface area contributed by atoms with Crippen LogP contribution in [0.1, 0.15) is 70.5 Å². The lowest BCUT2D eigenvalue weighted by molar-refractivity contribution is 0.0614. The molecule has 2 rings (SSSR count). The molecule has 2 nitrogen and oxygen atoms in total. The second-order valence-electron chi connectivity index (χ2n) is 7.47. The van der Waals surface area contributed by atoms with Gasteiger partial charge in [-0.15, -0.1) is 0 Å². The minimum atomic E-state index is 0.230. The molecule has 1 atom stereocenters. The summed E-state index contributed by atoms with van der Waals surface area (Å²) < 4.78 is 5.45. The first-order valence-electron chi connectivity index (χ1n) is 8.29. The molecule has 1 N–H and O–H groups in total. The van der Waals surface area contributed by atoms with Gasteiger partial charge in [-0.1, -0.05) is 45.0 Å². The van der Waals surface area contributed by atoms with Gasteiger partial charge in [-0.05, 0) is 49.1 Å². The quantitative estimate of drug-likeness (QED) is 0.875. The molecule has 21 heavy (non-hydrogen) atoms. The van der Waals surface area contributed by atoms with Crippen LogP contribution in [0.2, 0.25) is 0 Å². The van der Waals surface area contributed by atoms with Crippen molar-refractivity contribution in [1.82, 2.24) is 5.32 Å². The first-order valence-corrected chi connectivity index (χ1v) is 8.29. The molecule has 1 saturated carbocycles. The number of nitrogens with one attached hydrogen (secondary N) is 1. The van der Waals surface area contributed by atoms with Gasteiger partial charge in [0.1, 0.15) is 0 Å². The van der Waals surface area contributed by atoms with Crippen LogP contribution in [-0.4, -0.2) is 19.3 Å². The summed E-state index contributed by atoms with van der Waals surface area (Å²) in [6.07, 6.45) is 5.30. The Morgan fingerprint density at radius 3 is 2.10 bits per heavy atom. The Kier molecular flexibility index (Phi) is 5.45. The lowest BCUT2D eigenvalue weighted by atomic mass is 9.86. The smallest absolute Gasteiger partial charge is 0.0572 e. The molecule has 0 radical (unpaired) electrons. The summed E-state index contributed by atoms with van der Waals surface area (Å²) in [6.45, 7) is 9.06. The summed E-state index contributed by atoms with van der Waals surface area (Å²) in [5, 5.41) is 3.78. The molecule has 118 valence electrons. The molecule has 0 aromatic heterocycles. The molecule has 2 heteroatoms. The second-order valence-corrected chi connectivity index (χ2v) is 7.47. The summed E-state index contributed by atoms with van der Waals surface area (Å²) >= 11 is 0. The Hall–Kier alpha value is -0.860. The van der Waals surface area contributed by atoms with Gasteiger partial charge < -0.3 is 10.1 Å². The lowest BCUT2D eigenvalue weighted by Gasteiger charge is -2.31. The van der Waals surface area contributed by atoms with Crippen molar-refractivity contribution in [2.45, 2.75) is 77.0 Å². The maximum absolute atomic E-state index is 5.45. The lowest BCUT2D eigenvalue weighted by Crippen LogP contribution is -2.36. The highest BCUT2D eigenvalue weighted by Gasteiger charge is 2.22. The van der Waals surface area contributed by atoms with E-state index in [2.05, 4.69) is 57.3 Å². The Balaban J connectivity index is 1.90. The fourth-order valence-corrected chi connectivity index (χ4v) is 3.19. The van der Waals surface area contributed by atoms with Crippen molar-refractivity contribution < 1.29 is 4.74 Å². The maximum atomic E-state index is 5.45. The van der Waals surface area contributed by atoms with Crippen molar-refractivity contribution in [2.24, 2.45) is 0 Å². The van der Waals surface area contributed by atoms with Crippen molar-refractivity contribution in [3.63, 3.8) is 0 Å². The van der Waals surface area contributed by atoms with Crippen LogP contribution in [0.25, 0.3) is 0 Å². The van der Waals surface area contributed by atoms with Crippen molar-refractivity contribution >= 4 is 0 Å². The summed E-state index contributed by atoms with van der Waals surface area (Å²) in [7, 11) is 1.83. The Morgan fingerprint density at radius 1 is 1.05 bits per heavy atom. The zero-order chi connectivity index (χ0) is 15.5. The predicted octanol–water partition coefficient (Wildman–Crippen LogP) is 4.59. The van der Waals surface area contributed by atoms with Gasteiger partial charge in [0.05, 0.1) is 6.10 Å². The van der Waals surface area contributed by atoms with E-state index in [1.165, 1.54) is 36.8 Å². The topological polar surface area (TPSA) is 21.3 Å². The summed E-state index contributed by atoms with van der Waals surface area (Å²) in [5.41, 5.74) is 3.02. The van der Waals surface area contributed by atoms with Crippen LogP contribution in [0.5, 0.6) is 0 Å². The SMILES string of the molecule is COC1CCC(NC(C)c2ccc(C(C)(C)C)cc2)CC1. The van der Waals surface area contributed by atoms with Crippen LogP contribution in [-0.2, 0) is 10.2 Å². The highest BCUT2D eigenvalue weighted by atomic mass is 16.5. The molecule has 0 amide bonds. The van der Waals surface area contributed by atoms with Crippen molar-refractivity contribution in [3.05, 3.63) is 35.4 Å². The molecule has 1 fully saturated rings. The van der Waals surface area contributed by atoms with Gasteiger partial charge in [0.15, 0.2) is 0 Å². The fraction of sp³-hybridized carbons (Fsp3) is 0.684. The summed E-state index contributed by atoms with van der Waals surface area (Å²) in [4.78, 5) is 0. The minimum Gasteiger partial charge on any atom is -0.381 e. The van der Waals surface area contributed by atoms with Crippen LogP contribution < -0.4 is 5.32 Å². The third-order valence-electron chi connectivity index (χ3n) is 4.77. The second kappa shape index (κ2) is 6.93. The first-order chi connectivity index (χ1) is 9.90. The van der Waals surface area contributed by atoms with Gasteiger partial charge in [0.25, 0.3) is 0 Å². The Morgan fingerprint density at radius 2 is 1.62 bits per heavy atom. The van der Waals surface area contributed by atoms with Gasteiger partial charge in [0, 0.05) is 19.2 Å². The number of benzene rings is 1. The van der Waals surface area contributed by atoms with E-state index in [0.29, 0.717) is 18.2 Å². The van der Waals surface area contributed by atoms with E-state index < -0.39 is 0 Å². The van der Waals surface area contributed by atoms with E-state index in [1.54, 1.807) is 0 Å². The maximum Gasteiger partial charge on any atom is 0.0572 e. The van der Waals surface area contributed by atoms with Gasteiger partial charge in [0.2, 0.25) is 0 Å². The van der Waals surface area contributed by atoms with Gasteiger partial charge in [-0.25, -0.2) is 0 Å². The number of hydrogen-bond donors (Lipinski definition) is 1. The Bertz CT molecular complexity index is 424. The molecular formula is C19H31NO. The molecule has 1 aromatic carbocycles. The zero-order valence-corrected chi connectivity index (χ0v) is 14.3. The summed E-state index contributed by atoms with van der Waals surface area (Å²) in [6, 6.07) is 10.2. The van der Waals surface area contributed by atoms with Crippen LogP contribution in [0.3, 0.4) is 0 Å². The average molecular weight is 289 g/mol. The van der Waals surface area contributed by atoms with Crippen LogP contribution in [0, 0.1) is 0 Å². The molecule has 0 aliphatic heterocycles. The molecule has 0 spiro atoms. The van der Waals surface area contributed by atoms with Crippen LogP contribution in [0.4, 0.5) is 0 Å². The van der Waals surface area contributed by atoms with E-state index in [0.717, 1.165) is 0 Å². The number of methoxy groups -OCH3 is 1. The summed E-state index contributed by atoms with van der Waals surface area (Å²) in [5.74, 6) is 0. The standard InChI is InChI=1S/C19H31NO/c1-14(20-17-10-12-18(21-5)13-11-17)15-6-8-16(9-7-15)19(2,3)4/h6-9,14,17-18,20H,10-13H2,1-5H3. The molecule has 1 aliphatic carbocycles. The van der Waals surface area contributed by atoms with Crippen molar-refractivity contribution in [3.8, 4) is 0 Å². The van der Waals surface area contributed by atoms with E-state index >= 15 is 0 Å². The molecular weight excluding hydrogens is 258 g/mol. The van der Waals surface area contributed by atoms with Crippen LogP contribution in [0.15, 0.2) is 24.3 Å². The normalized spacial score (nSPS) is 24.8. The minimum absolute atomic E-state index is 0.230. The van der Waals surface area contributed by atoms with Gasteiger partial charge in [-0.3, -0.25) is 0 Å². The van der Waals surface area contributed by atoms with E-state index in [-0.39, 0.29) is 5.41 Å². The van der Waals surface area contributed by atoms with Crippen molar-refractivity contribution in [1.29, 1.82) is 0 Å². The molecule has 0 bridgehead atoms. The zero-order valence-electron chi connectivity index (χ0n) is 14.3. The van der Waals surface area contributed by atoms with Crippen LogP contribution >= 0.6 is 0 Å². The van der Waals surface area contributed by atoms with Gasteiger partial charge in [-0.2, -0.15) is 0 Å². The largest absolute Gasteiger partial charge is 0.381 e. The molecule has 1 aliphatic rings. The van der Waals surface area contributed by atoms with E-state index in [4.69, 9.17) is 4.74 Å². The van der Waals surface area contributed by atoms with E-state index in [9.17, 15) is 0 Å². The third-order valence-corrected chi connectivity index (χ3v) is 4.77.